The van der Waals surface area contributed by atoms with Gasteiger partial charge in [0.05, 0.1) is 24.2 Å². The van der Waals surface area contributed by atoms with Gasteiger partial charge in [0.1, 0.15) is 11.5 Å². The van der Waals surface area contributed by atoms with Crippen molar-refractivity contribution in [2.24, 2.45) is 11.8 Å². The molecule has 0 aliphatic carbocycles. The van der Waals surface area contributed by atoms with Gasteiger partial charge in [0.15, 0.2) is 0 Å². The summed E-state index contributed by atoms with van der Waals surface area (Å²) in [5, 5.41) is 2.17. The Morgan fingerprint density at radius 1 is 0.520 bits per heavy atom. The van der Waals surface area contributed by atoms with Crippen molar-refractivity contribution in [3.8, 4) is 44.9 Å². The number of nitrogens with zero attached hydrogens (tertiary/aromatic N) is 2. The van der Waals surface area contributed by atoms with E-state index >= 15 is 0 Å². The molecule has 0 N–H and O–H groups in total. The Hall–Kier alpha value is -4.70. The largest absolute Gasteiger partial charge is 0.493 e. The van der Waals surface area contributed by atoms with Gasteiger partial charge in [-0.1, -0.05) is 103 Å². The van der Waals surface area contributed by atoms with Gasteiger partial charge in [0, 0.05) is 23.2 Å². The number of ether oxygens (including phenoxy) is 2. The smallest absolute Gasteiger partial charge is 0.119 e. The third-order valence-corrected chi connectivity index (χ3v) is 10.1. The fourth-order valence-corrected chi connectivity index (χ4v) is 6.84. The summed E-state index contributed by atoms with van der Waals surface area (Å²) in [7, 11) is 0. The molecule has 258 valence electrons. The van der Waals surface area contributed by atoms with Crippen LogP contribution in [0.1, 0.15) is 79.1 Å². The molecule has 0 saturated heterocycles. The molecule has 4 nitrogen and oxygen atoms in total. The first-order valence-corrected chi connectivity index (χ1v) is 18.8. The van der Waals surface area contributed by atoms with E-state index < -0.39 is 0 Å². The lowest BCUT2D eigenvalue weighted by Gasteiger charge is -2.17. The number of hydrogen-bond donors (Lipinski definition) is 0. The number of aromatic nitrogens is 2. The van der Waals surface area contributed by atoms with E-state index in [9.17, 15) is 0 Å². The third-order valence-electron chi connectivity index (χ3n) is 10.1. The Balaban J connectivity index is 1.35. The number of hydrogen-bond acceptors (Lipinski definition) is 4. The first kappa shape index (κ1) is 35.1. The van der Waals surface area contributed by atoms with Crippen LogP contribution in [0, 0.1) is 11.8 Å². The molecule has 0 amide bonds. The highest BCUT2D eigenvalue weighted by Crippen LogP contribution is 2.38. The maximum absolute atomic E-state index is 6.27. The molecule has 2 atom stereocenters. The molecule has 0 radical (unpaired) electrons. The lowest BCUT2D eigenvalue weighted by molar-refractivity contribution is 0.233. The van der Waals surface area contributed by atoms with E-state index in [2.05, 4.69) is 113 Å². The Bertz CT molecular complexity index is 1880. The van der Waals surface area contributed by atoms with Crippen molar-refractivity contribution in [2.45, 2.75) is 79.1 Å². The summed E-state index contributed by atoms with van der Waals surface area (Å²) < 4.78 is 12.5. The second-order valence-corrected chi connectivity index (χ2v) is 13.7. The van der Waals surface area contributed by atoms with E-state index in [1.807, 2.05) is 24.5 Å². The van der Waals surface area contributed by atoms with Crippen molar-refractivity contribution in [3.05, 3.63) is 109 Å². The van der Waals surface area contributed by atoms with Gasteiger partial charge < -0.3 is 9.47 Å². The molecule has 0 spiro atoms. The van der Waals surface area contributed by atoms with Crippen LogP contribution in [0.4, 0.5) is 0 Å². The lowest BCUT2D eigenvalue weighted by atomic mass is 9.91. The molecule has 4 heteroatoms. The maximum Gasteiger partial charge on any atom is 0.119 e. The van der Waals surface area contributed by atoms with E-state index in [0.717, 1.165) is 92.7 Å². The van der Waals surface area contributed by atoms with Crippen LogP contribution in [-0.4, -0.2) is 23.2 Å². The number of fused-ring (bicyclic) bond motifs is 3. The molecule has 6 rings (SSSR count). The lowest BCUT2D eigenvalue weighted by Crippen LogP contribution is -2.11. The highest BCUT2D eigenvalue weighted by Gasteiger charge is 2.15. The zero-order valence-electron chi connectivity index (χ0n) is 30.3. The van der Waals surface area contributed by atoms with E-state index in [-0.39, 0.29) is 0 Å². The average Bonchev–Trinajstić information content (AvgIpc) is 3.18. The van der Waals surface area contributed by atoms with Gasteiger partial charge in [-0.25, -0.2) is 0 Å². The fourth-order valence-electron chi connectivity index (χ4n) is 6.84. The van der Waals surface area contributed by atoms with Crippen molar-refractivity contribution >= 4 is 21.8 Å². The van der Waals surface area contributed by atoms with Gasteiger partial charge in [-0.2, -0.15) is 0 Å². The molecule has 0 saturated carbocycles. The zero-order chi connectivity index (χ0) is 34.7. The standard InChI is InChI=1S/C46H52N2O2/c1-5-9-13-33(7-3)31-49-41-21-17-35(18-22-41)38-27-39(36-19-23-42(24-20-36)50-32-34(8-4)14-10-6-2)29-40(28-38)44-30-37-15-11-25-47-45(37)46-43(44)16-12-26-48-46/h11-12,15-30,33-34H,5-10,13-14,31-32H2,1-4H3. The molecule has 0 fully saturated rings. The van der Waals surface area contributed by atoms with Crippen LogP contribution in [0.15, 0.2) is 109 Å². The predicted octanol–water partition coefficient (Wildman–Crippen LogP) is 13.0. The van der Waals surface area contributed by atoms with Crippen molar-refractivity contribution in [3.63, 3.8) is 0 Å². The van der Waals surface area contributed by atoms with Crippen LogP contribution in [0.2, 0.25) is 0 Å². The van der Waals surface area contributed by atoms with Crippen LogP contribution in [0.5, 0.6) is 11.5 Å². The zero-order valence-corrected chi connectivity index (χ0v) is 30.3. The highest BCUT2D eigenvalue weighted by molar-refractivity contribution is 6.10. The first-order chi connectivity index (χ1) is 24.6. The average molecular weight is 665 g/mol. The minimum Gasteiger partial charge on any atom is -0.493 e. The van der Waals surface area contributed by atoms with Crippen LogP contribution >= 0.6 is 0 Å². The summed E-state index contributed by atoms with van der Waals surface area (Å²) >= 11 is 0. The summed E-state index contributed by atoms with van der Waals surface area (Å²) in [6.07, 6.45) is 13.4. The van der Waals surface area contributed by atoms with Crippen molar-refractivity contribution in [1.29, 1.82) is 0 Å². The monoisotopic (exact) mass is 664 g/mol. The van der Waals surface area contributed by atoms with Crippen LogP contribution in [0.3, 0.4) is 0 Å². The van der Waals surface area contributed by atoms with E-state index in [1.54, 1.807) is 0 Å². The van der Waals surface area contributed by atoms with Crippen molar-refractivity contribution in [2.75, 3.05) is 13.2 Å². The second kappa shape index (κ2) is 17.3. The fraction of sp³-hybridized carbons (Fsp3) is 0.348. The molecule has 2 aromatic heterocycles. The van der Waals surface area contributed by atoms with Crippen LogP contribution in [-0.2, 0) is 0 Å². The molecule has 0 aliphatic heterocycles. The summed E-state index contributed by atoms with van der Waals surface area (Å²) in [6.45, 7) is 10.6. The Morgan fingerprint density at radius 2 is 1.02 bits per heavy atom. The number of benzene rings is 4. The summed E-state index contributed by atoms with van der Waals surface area (Å²) in [6, 6.07) is 34.7. The molecular weight excluding hydrogens is 613 g/mol. The van der Waals surface area contributed by atoms with Gasteiger partial charge in [0.25, 0.3) is 0 Å². The molecule has 0 aliphatic rings. The van der Waals surface area contributed by atoms with E-state index in [4.69, 9.17) is 19.4 Å². The molecule has 0 bridgehead atoms. The van der Waals surface area contributed by atoms with Crippen molar-refractivity contribution < 1.29 is 9.47 Å². The quantitative estimate of drug-likeness (QED) is 0.0910. The van der Waals surface area contributed by atoms with Gasteiger partial charge in [-0.05, 0) is 119 Å². The molecule has 2 heterocycles. The van der Waals surface area contributed by atoms with Gasteiger partial charge in [-0.15, -0.1) is 0 Å². The molecular formula is C46H52N2O2. The topological polar surface area (TPSA) is 44.2 Å². The van der Waals surface area contributed by atoms with Gasteiger partial charge in [0.2, 0.25) is 0 Å². The highest BCUT2D eigenvalue weighted by atomic mass is 16.5. The van der Waals surface area contributed by atoms with E-state index in [0.29, 0.717) is 11.8 Å². The number of rotatable bonds is 17. The predicted molar refractivity (Wildman–Crippen MR) is 211 cm³/mol. The van der Waals surface area contributed by atoms with Crippen molar-refractivity contribution in [1.82, 2.24) is 9.97 Å². The van der Waals surface area contributed by atoms with Gasteiger partial charge >= 0.3 is 0 Å². The molecule has 50 heavy (non-hydrogen) atoms. The summed E-state index contributed by atoms with van der Waals surface area (Å²) in [4.78, 5) is 9.49. The molecule has 4 aromatic carbocycles. The Kier molecular flexibility index (Phi) is 12.2. The van der Waals surface area contributed by atoms with Gasteiger partial charge in [-0.3, -0.25) is 9.97 Å². The van der Waals surface area contributed by atoms with E-state index in [1.165, 1.54) is 38.5 Å². The van der Waals surface area contributed by atoms with Crippen LogP contribution in [0.25, 0.3) is 55.2 Å². The maximum atomic E-state index is 6.27. The molecule has 2 unspecified atom stereocenters. The SMILES string of the molecule is CCCCC(CC)COc1ccc(-c2cc(-c3ccc(OCC(CC)CCCC)cc3)cc(-c3cc4cccnc4c4ncccc34)c2)cc1. The third kappa shape index (κ3) is 8.53. The molecule has 6 aromatic rings. The Labute approximate surface area is 298 Å². The normalized spacial score (nSPS) is 12.6. The summed E-state index contributed by atoms with van der Waals surface area (Å²) in [5.74, 6) is 3.05. The minimum atomic E-state index is 0.598. The Morgan fingerprint density at radius 3 is 1.54 bits per heavy atom. The second-order valence-electron chi connectivity index (χ2n) is 13.7. The first-order valence-electron chi connectivity index (χ1n) is 18.8. The van der Waals surface area contributed by atoms with Crippen LogP contribution < -0.4 is 9.47 Å². The number of pyridine rings is 2. The summed E-state index contributed by atoms with van der Waals surface area (Å²) in [5.41, 5.74) is 8.76. The minimum absolute atomic E-state index is 0.598. The number of unbranched alkanes of at least 4 members (excludes halogenated alkanes) is 2.